The van der Waals surface area contributed by atoms with E-state index in [1.165, 1.54) is 77.0 Å². The highest BCUT2D eigenvalue weighted by atomic mass is 16.1. The number of isocyanates is 1. The summed E-state index contributed by atoms with van der Waals surface area (Å²) in [6.45, 7) is 4.49. The summed E-state index contributed by atoms with van der Waals surface area (Å²) in [5, 5.41) is 0. The van der Waals surface area contributed by atoms with Gasteiger partial charge in [0.15, 0.2) is 0 Å². The summed E-state index contributed by atoms with van der Waals surface area (Å²) in [5.74, 6) is 0. The Morgan fingerprint density at radius 2 is 1.10 bits per heavy atom. The maximum atomic E-state index is 10.5. The molecule has 20 heavy (non-hydrogen) atoms. The molecule has 1 unspecified atom stereocenters. The molecule has 0 aliphatic heterocycles. The monoisotopic (exact) mass is 281 g/mol. The van der Waals surface area contributed by atoms with Crippen LogP contribution in [0.3, 0.4) is 0 Å². The molecule has 0 saturated carbocycles. The van der Waals surface area contributed by atoms with Gasteiger partial charge < -0.3 is 0 Å². The van der Waals surface area contributed by atoms with Crippen molar-refractivity contribution in [1.82, 2.24) is 0 Å². The summed E-state index contributed by atoms with van der Waals surface area (Å²) >= 11 is 0. The van der Waals surface area contributed by atoms with Crippen LogP contribution < -0.4 is 0 Å². The molecule has 0 fully saturated rings. The van der Waals surface area contributed by atoms with Gasteiger partial charge >= 0.3 is 0 Å². The van der Waals surface area contributed by atoms with Gasteiger partial charge in [-0.3, -0.25) is 0 Å². The fourth-order valence-electron chi connectivity index (χ4n) is 2.67. The van der Waals surface area contributed by atoms with Gasteiger partial charge in [-0.05, 0) is 12.8 Å². The summed E-state index contributed by atoms with van der Waals surface area (Å²) < 4.78 is 0. The summed E-state index contributed by atoms with van der Waals surface area (Å²) in [7, 11) is 0. The number of unbranched alkanes of at least 4 members (excludes halogenated alkanes) is 10. The topological polar surface area (TPSA) is 29.4 Å². The second kappa shape index (κ2) is 16.4. The first kappa shape index (κ1) is 19.4. The van der Waals surface area contributed by atoms with Gasteiger partial charge in [0.1, 0.15) is 0 Å². The van der Waals surface area contributed by atoms with Crippen LogP contribution in [-0.4, -0.2) is 12.1 Å². The summed E-state index contributed by atoms with van der Waals surface area (Å²) in [6, 6.07) is 0.241. The molecular weight excluding hydrogens is 246 g/mol. The van der Waals surface area contributed by atoms with Crippen LogP contribution in [0.2, 0.25) is 0 Å². The van der Waals surface area contributed by atoms with Crippen molar-refractivity contribution in [1.29, 1.82) is 0 Å². The van der Waals surface area contributed by atoms with Crippen molar-refractivity contribution in [3.8, 4) is 0 Å². The average Bonchev–Trinajstić information content (AvgIpc) is 2.46. The molecule has 2 nitrogen and oxygen atoms in total. The van der Waals surface area contributed by atoms with E-state index in [9.17, 15) is 4.79 Å². The van der Waals surface area contributed by atoms with Gasteiger partial charge in [0.2, 0.25) is 6.08 Å². The largest absolute Gasteiger partial charge is 0.235 e. The van der Waals surface area contributed by atoms with E-state index in [2.05, 4.69) is 18.8 Å². The highest BCUT2D eigenvalue weighted by Crippen LogP contribution is 2.16. The molecule has 0 amide bonds. The van der Waals surface area contributed by atoms with Crippen molar-refractivity contribution >= 4 is 6.08 Å². The third kappa shape index (κ3) is 13.8. The molecule has 0 aromatic rings. The molecule has 2 heteroatoms. The normalized spacial score (nSPS) is 12.1. The van der Waals surface area contributed by atoms with E-state index in [0.717, 1.165) is 12.8 Å². The van der Waals surface area contributed by atoms with Crippen LogP contribution in [0, 0.1) is 0 Å². The molecule has 0 N–H and O–H groups in total. The maximum Gasteiger partial charge on any atom is 0.235 e. The Bertz CT molecular complexity index is 234. The lowest BCUT2D eigenvalue weighted by molar-refractivity contribution is 0.480. The average molecular weight is 281 g/mol. The van der Waals surface area contributed by atoms with Crippen molar-refractivity contribution in [2.45, 2.75) is 110 Å². The molecule has 0 radical (unpaired) electrons. The van der Waals surface area contributed by atoms with Crippen molar-refractivity contribution in [2.24, 2.45) is 4.99 Å². The molecule has 0 aliphatic carbocycles. The molecule has 0 rings (SSSR count). The predicted molar refractivity (Wildman–Crippen MR) is 87.9 cm³/mol. The Kier molecular flexibility index (Phi) is 15.9. The van der Waals surface area contributed by atoms with Crippen LogP contribution in [0.1, 0.15) is 104 Å². The minimum atomic E-state index is 0.241. The lowest BCUT2D eigenvalue weighted by atomic mass is 10.0. The number of rotatable bonds is 15. The van der Waals surface area contributed by atoms with Gasteiger partial charge in [-0.2, -0.15) is 0 Å². The number of hydrogen-bond donors (Lipinski definition) is 0. The van der Waals surface area contributed by atoms with Gasteiger partial charge in [0.05, 0.1) is 6.04 Å². The van der Waals surface area contributed by atoms with Crippen molar-refractivity contribution in [3.63, 3.8) is 0 Å². The van der Waals surface area contributed by atoms with Crippen LogP contribution in [0.25, 0.3) is 0 Å². The molecule has 118 valence electrons. The minimum absolute atomic E-state index is 0.241. The van der Waals surface area contributed by atoms with Crippen LogP contribution >= 0.6 is 0 Å². The van der Waals surface area contributed by atoms with Crippen LogP contribution in [0.15, 0.2) is 4.99 Å². The fourth-order valence-corrected chi connectivity index (χ4v) is 2.67. The summed E-state index contributed by atoms with van der Waals surface area (Å²) in [5.41, 5.74) is 0. The first-order valence-electron chi connectivity index (χ1n) is 8.92. The van der Waals surface area contributed by atoms with E-state index in [4.69, 9.17) is 0 Å². The summed E-state index contributed by atoms with van der Waals surface area (Å²) in [6.07, 6.45) is 19.7. The van der Waals surface area contributed by atoms with E-state index in [-0.39, 0.29) is 6.04 Å². The SMILES string of the molecule is CCCCCCCCCC(CCCCCCC)N=C=O. The first-order chi connectivity index (χ1) is 9.85. The molecular formula is C18H35NO. The molecule has 0 aromatic carbocycles. The fraction of sp³-hybridized carbons (Fsp3) is 0.944. The van der Waals surface area contributed by atoms with Gasteiger partial charge in [0.25, 0.3) is 0 Å². The molecule has 0 aromatic heterocycles. The Morgan fingerprint density at radius 1 is 0.700 bits per heavy atom. The zero-order chi connectivity index (χ0) is 14.9. The van der Waals surface area contributed by atoms with Crippen LogP contribution in [0.4, 0.5) is 0 Å². The zero-order valence-corrected chi connectivity index (χ0v) is 13.8. The number of hydrogen-bond acceptors (Lipinski definition) is 2. The van der Waals surface area contributed by atoms with E-state index in [1.54, 1.807) is 6.08 Å². The van der Waals surface area contributed by atoms with Crippen LogP contribution in [-0.2, 0) is 4.79 Å². The third-order valence-corrected chi connectivity index (χ3v) is 4.02. The quantitative estimate of drug-likeness (QED) is 0.200. The molecule has 0 bridgehead atoms. The van der Waals surface area contributed by atoms with Crippen molar-refractivity contribution in [3.05, 3.63) is 0 Å². The lowest BCUT2D eigenvalue weighted by Crippen LogP contribution is -2.04. The standard InChI is InChI=1S/C18H35NO/c1-3-5-7-9-10-12-14-16-18(19-17-20)15-13-11-8-6-4-2/h18H,3-16H2,1-2H3. The van der Waals surface area contributed by atoms with Gasteiger partial charge in [-0.25, -0.2) is 9.79 Å². The number of nitrogens with zero attached hydrogens (tertiary/aromatic N) is 1. The van der Waals surface area contributed by atoms with E-state index in [0.29, 0.717) is 0 Å². The van der Waals surface area contributed by atoms with E-state index < -0.39 is 0 Å². The molecule has 0 spiro atoms. The smallest absolute Gasteiger partial charge is 0.211 e. The molecule has 1 atom stereocenters. The highest BCUT2D eigenvalue weighted by Gasteiger charge is 2.06. The Morgan fingerprint density at radius 3 is 1.50 bits per heavy atom. The first-order valence-corrected chi connectivity index (χ1v) is 8.92. The number of carbonyl (C=O) groups excluding carboxylic acids is 1. The molecule has 0 aliphatic rings. The third-order valence-electron chi connectivity index (χ3n) is 4.02. The zero-order valence-electron chi connectivity index (χ0n) is 13.8. The second-order valence-corrected chi connectivity index (χ2v) is 5.99. The minimum Gasteiger partial charge on any atom is -0.211 e. The van der Waals surface area contributed by atoms with Gasteiger partial charge in [-0.1, -0.05) is 90.9 Å². The maximum absolute atomic E-state index is 10.5. The highest BCUT2D eigenvalue weighted by molar-refractivity contribution is 5.33. The van der Waals surface area contributed by atoms with Crippen molar-refractivity contribution in [2.75, 3.05) is 0 Å². The lowest BCUT2D eigenvalue weighted by Gasteiger charge is -2.10. The van der Waals surface area contributed by atoms with E-state index >= 15 is 0 Å². The number of aliphatic imine (C=N–C) groups is 1. The van der Waals surface area contributed by atoms with Crippen molar-refractivity contribution < 1.29 is 4.79 Å². The predicted octanol–water partition coefficient (Wildman–Crippen LogP) is 6.19. The van der Waals surface area contributed by atoms with Gasteiger partial charge in [0, 0.05) is 0 Å². The Hall–Kier alpha value is -0.620. The summed E-state index contributed by atoms with van der Waals surface area (Å²) in [4.78, 5) is 14.4. The van der Waals surface area contributed by atoms with Gasteiger partial charge in [-0.15, -0.1) is 0 Å². The molecule has 0 saturated heterocycles. The molecule has 0 heterocycles. The Labute approximate surface area is 126 Å². The van der Waals surface area contributed by atoms with E-state index in [1.807, 2.05) is 0 Å². The second-order valence-electron chi connectivity index (χ2n) is 5.99. The van der Waals surface area contributed by atoms with Crippen LogP contribution in [0.5, 0.6) is 0 Å². The Balaban J connectivity index is 3.52.